The zero-order chi connectivity index (χ0) is 17.0. The van der Waals surface area contributed by atoms with Crippen molar-refractivity contribution >= 4 is 5.96 Å². The summed E-state index contributed by atoms with van der Waals surface area (Å²) in [4.78, 5) is 6.77. The van der Waals surface area contributed by atoms with Crippen molar-refractivity contribution in [3.63, 3.8) is 0 Å². The van der Waals surface area contributed by atoms with Crippen molar-refractivity contribution in [2.45, 2.75) is 25.9 Å². The van der Waals surface area contributed by atoms with Crippen LogP contribution in [0.2, 0.25) is 0 Å². The van der Waals surface area contributed by atoms with Gasteiger partial charge in [0.15, 0.2) is 5.96 Å². The van der Waals surface area contributed by atoms with Gasteiger partial charge in [-0.3, -0.25) is 4.99 Å². The summed E-state index contributed by atoms with van der Waals surface area (Å²) in [6.45, 7) is 6.44. The van der Waals surface area contributed by atoms with Crippen molar-refractivity contribution in [3.05, 3.63) is 35.6 Å². The highest BCUT2D eigenvalue weighted by Crippen LogP contribution is 2.38. The summed E-state index contributed by atoms with van der Waals surface area (Å²) in [6.07, 6.45) is 1.26. The summed E-state index contributed by atoms with van der Waals surface area (Å²) in [7, 11) is 0. The number of nitrogens with one attached hydrogen (secondary N) is 1. The Balaban J connectivity index is 1.67. The number of aliphatic imine (C=N–C) groups is 1. The van der Waals surface area contributed by atoms with Gasteiger partial charge in [-0.2, -0.15) is 0 Å². The molecule has 1 spiro atoms. The van der Waals surface area contributed by atoms with E-state index in [0.29, 0.717) is 5.56 Å². The van der Waals surface area contributed by atoms with Gasteiger partial charge >= 0.3 is 0 Å². The van der Waals surface area contributed by atoms with E-state index >= 15 is 0 Å². The maximum absolute atomic E-state index is 13.8. The highest BCUT2D eigenvalue weighted by atomic mass is 19.1. The molecule has 24 heavy (non-hydrogen) atoms. The summed E-state index contributed by atoms with van der Waals surface area (Å²) < 4.78 is 19.3. The lowest BCUT2D eigenvalue weighted by molar-refractivity contribution is 0.156. The zero-order valence-corrected chi connectivity index (χ0v) is 14.2. The first-order valence-electron chi connectivity index (χ1n) is 8.67. The van der Waals surface area contributed by atoms with E-state index in [1.807, 2.05) is 6.92 Å². The molecule has 3 rings (SSSR count). The van der Waals surface area contributed by atoms with E-state index in [1.165, 1.54) is 6.07 Å². The number of aliphatic hydroxyl groups excluding tert-OH is 1. The molecule has 0 radical (unpaired) electrons. The Kier molecular flexibility index (Phi) is 5.36. The van der Waals surface area contributed by atoms with Gasteiger partial charge in [-0.25, -0.2) is 4.39 Å². The minimum atomic E-state index is -0.939. The molecule has 2 atom stereocenters. The summed E-state index contributed by atoms with van der Waals surface area (Å²) in [5.74, 6) is 0.394. The van der Waals surface area contributed by atoms with Crippen molar-refractivity contribution < 1.29 is 14.2 Å². The van der Waals surface area contributed by atoms with Crippen LogP contribution in [0.25, 0.3) is 0 Å². The number of aliphatic hydroxyl groups is 1. The fourth-order valence-corrected chi connectivity index (χ4v) is 3.53. The second-order valence-corrected chi connectivity index (χ2v) is 6.71. The molecule has 0 aliphatic carbocycles. The van der Waals surface area contributed by atoms with Crippen LogP contribution in [-0.2, 0) is 4.74 Å². The molecule has 0 aromatic heterocycles. The van der Waals surface area contributed by atoms with Crippen LogP contribution in [0.4, 0.5) is 4.39 Å². The molecule has 132 valence electrons. The van der Waals surface area contributed by atoms with E-state index < -0.39 is 11.9 Å². The average Bonchev–Trinajstić information content (AvgIpc) is 3.22. The van der Waals surface area contributed by atoms with Gasteiger partial charge in [0.05, 0.1) is 13.2 Å². The van der Waals surface area contributed by atoms with Crippen LogP contribution in [0.3, 0.4) is 0 Å². The molecule has 1 aromatic carbocycles. The fraction of sp³-hybridized carbons (Fsp3) is 0.611. The summed E-state index contributed by atoms with van der Waals surface area (Å²) in [5.41, 5.74) is 0.541. The Morgan fingerprint density at radius 3 is 3.00 bits per heavy atom. The zero-order valence-electron chi connectivity index (χ0n) is 14.2. The number of ether oxygens (including phenoxy) is 1. The highest BCUT2D eigenvalue weighted by Gasteiger charge is 2.42. The third-order valence-electron chi connectivity index (χ3n) is 4.94. The molecule has 2 aliphatic rings. The van der Waals surface area contributed by atoms with Crippen molar-refractivity contribution in [2.75, 3.05) is 39.4 Å². The molecule has 2 unspecified atom stereocenters. The van der Waals surface area contributed by atoms with Crippen LogP contribution in [0.5, 0.6) is 0 Å². The van der Waals surface area contributed by atoms with Gasteiger partial charge in [0.1, 0.15) is 11.9 Å². The van der Waals surface area contributed by atoms with Gasteiger partial charge in [0, 0.05) is 37.2 Å². The Bertz CT molecular complexity index is 587. The van der Waals surface area contributed by atoms with Gasteiger partial charge in [-0.15, -0.1) is 0 Å². The van der Waals surface area contributed by atoms with Gasteiger partial charge < -0.3 is 20.1 Å². The lowest BCUT2D eigenvalue weighted by Crippen LogP contribution is -2.41. The molecule has 2 aliphatic heterocycles. The first-order chi connectivity index (χ1) is 11.6. The van der Waals surface area contributed by atoms with E-state index in [2.05, 4.69) is 15.2 Å². The normalized spacial score (nSPS) is 25.5. The van der Waals surface area contributed by atoms with E-state index in [4.69, 9.17) is 4.74 Å². The Morgan fingerprint density at radius 1 is 1.46 bits per heavy atom. The number of hydrogen-bond acceptors (Lipinski definition) is 3. The van der Waals surface area contributed by atoms with Gasteiger partial charge in [0.25, 0.3) is 0 Å². The molecule has 5 nitrogen and oxygen atoms in total. The van der Waals surface area contributed by atoms with Crippen LogP contribution in [0, 0.1) is 11.2 Å². The molecule has 6 heteroatoms. The van der Waals surface area contributed by atoms with E-state index in [0.717, 1.165) is 51.6 Å². The lowest BCUT2D eigenvalue weighted by atomic mass is 9.87. The predicted octanol–water partition coefficient (Wildman–Crippen LogP) is 1.94. The van der Waals surface area contributed by atoms with Gasteiger partial charge in [-0.05, 0) is 25.8 Å². The van der Waals surface area contributed by atoms with Crippen LogP contribution in [0.15, 0.2) is 29.3 Å². The molecular formula is C18H26FN3O2. The van der Waals surface area contributed by atoms with E-state index in [9.17, 15) is 9.50 Å². The number of rotatable bonds is 4. The van der Waals surface area contributed by atoms with Crippen LogP contribution < -0.4 is 5.32 Å². The maximum atomic E-state index is 13.8. The lowest BCUT2D eigenvalue weighted by Gasteiger charge is -2.25. The number of nitrogens with zero attached hydrogens (tertiary/aromatic N) is 2. The molecule has 2 saturated heterocycles. The first-order valence-corrected chi connectivity index (χ1v) is 8.67. The van der Waals surface area contributed by atoms with Gasteiger partial charge in [-0.1, -0.05) is 18.2 Å². The number of guanidine groups is 1. The Labute approximate surface area is 142 Å². The average molecular weight is 335 g/mol. The van der Waals surface area contributed by atoms with Crippen molar-refractivity contribution in [3.8, 4) is 0 Å². The molecule has 2 N–H and O–H groups in total. The minimum absolute atomic E-state index is 0.142. The molecule has 0 bridgehead atoms. The largest absolute Gasteiger partial charge is 0.386 e. The number of likely N-dealkylation sites (tertiary alicyclic amines) is 1. The summed E-state index contributed by atoms with van der Waals surface area (Å²) in [5, 5.41) is 13.5. The quantitative estimate of drug-likeness (QED) is 0.652. The van der Waals surface area contributed by atoms with Crippen molar-refractivity contribution in [1.82, 2.24) is 10.2 Å². The van der Waals surface area contributed by atoms with Crippen LogP contribution in [-0.4, -0.2) is 55.4 Å². The van der Waals surface area contributed by atoms with E-state index in [1.54, 1.807) is 18.2 Å². The first kappa shape index (κ1) is 17.2. The predicted molar refractivity (Wildman–Crippen MR) is 91.4 cm³/mol. The highest BCUT2D eigenvalue weighted by molar-refractivity contribution is 5.80. The third kappa shape index (κ3) is 3.70. The van der Waals surface area contributed by atoms with Crippen LogP contribution in [0.1, 0.15) is 31.4 Å². The van der Waals surface area contributed by atoms with Gasteiger partial charge in [0.2, 0.25) is 0 Å². The van der Waals surface area contributed by atoms with E-state index in [-0.39, 0.29) is 12.0 Å². The molecule has 0 amide bonds. The van der Waals surface area contributed by atoms with Crippen molar-refractivity contribution in [1.29, 1.82) is 0 Å². The Morgan fingerprint density at radius 2 is 2.29 bits per heavy atom. The molecule has 2 fully saturated rings. The summed E-state index contributed by atoms with van der Waals surface area (Å²) >= 11 is 0. The summed E-state index contributed by atoms with van der Waals surface area (Å²) in [6, 6.07) is 6.30. The minimum Gasteiger partial charge on any atom is -0.386 e. The topological polar surface area (TPSA) is 57.1 Å². The SMILES string of the molecule is CCNC(=NCC(O)c1ccccc1F)N1CCC2(CCOC2)C1. The second-order valence-electron chi connectivity index (χ2n) is 6.71. The maximum Gasteiger partial charge on any atom is 0.194 e. The number of hydrogen-bond donors (Lipinski definition) is 2. The van der Waals surface area contributed by atoms with Crippen molar-refractivity contribution in [2.24, 2.45) is 10.4 Å². The standard InChI is InChI=1S/C18H26FN3O2/c1-2-20-17(22-9-7-18(12-22)8-10-24-13-18)21-11-16(23)14-5-3-4-6-15(14)19/h3-6,16,23H,2,7-13H2,1H3,(H,20,21). The molecule has 1 aromatic rings. The van der Waals surface area contributed by atoms with Crippen LogP contribution >= 0.6 is 0 Å². The second kappa shape index (κ2) is 7.49. The number of benzene rings is 1. The smallest absolute Gasteiger partial charge is 0.194 e. The molecular weight excluding hydrogens is 309 g/mol. The number of halogens is 1. The monoisotopic (exact) mass is 335 g/mol. The molecule has 2 heterocycles. The fourth-order valence-electron chi connectivity index (χ4n) is 3.53. The third-order valence-corrected chi connectivity index (χ3v) is 4.94. The Hall–Kier alpha value is -1.66. The molecule has 0 saturated carbocycles.